The molecular weight excluding hydrogens is 336 g/mol. The van der Waals surface area contributed by atoms with Crippen LogP contribution < -0.4 is 19.8 Å². The summed E-state index contributed by atoms with van der Waals surface area (Å²) in [4.78, 5) is 4.44. The fraction of sp³-hybridized carbons (Fsp3) is 0.105. The first-order valence-corrected chi connectivity index (χ1v) is 7.72. The van der Waals surface area contributed by atoms with Crippen molar-refractivity contribution >= 4 is 28.7 Å². The summed E-state index contributed by atoms with van der Waals surface area (Å²) >= 11 is 0. The minimum atomic E-state index is -0.313. The number of hydrogen-bond acceptors (Lipinski definition) is 7. The molecule has 0 aliphatic rings. The van der Waals surface area contributed by atoms with Gasteiger partial charge in [0.05, 0.1) is 25.4 Å². The van der Waals surface area contributed by atoms with E-state index in [-0.39, 0.29) is 28.2 Å². The van der Waals surface area contributed by atoms with E-state index in [1.54, 1.807) is 42.5 Å². The predicted molar refractivity (Wildman–Crippen MR) is 95.7 cm³/mol. The van der Waals surface area contributed by atoms with E-state index in [0.29, 0.717) is 16.8 Å². The molecule has 1 aromatic heterocycles. The van der Waals surface area contributed by atoms with Crippen molar-refractivity contribution in [1.82, 2.24) is 4.98 Å². The number of rotatable bonds is 5. The first-order valence-electron chi connectivity index (χ1n) is 7.72. The average Bonchev–Trinajstić information content (AvgIpc) is 2.66. The van der Waals surface area contributed by atoms with Crippen molar-refractivity contribution in [3.8, 4) is 17.2 Å². The molecule has 1 heterocycles. The van der Waals surface area contributed by atoms with Gasteiger partial charge in [0.2, 0.25) is 0 Å². The Morgan fingerprint density at radius 1 is 1.00 bits per heavy atom. The Bertz CT molecular complexity index is 944. The molecule has 0 aliphatic carbocycles. The Kier molecular flexibility index (Phi) is 4.92. The van der Waals surface area contributed by atoms with Gasteiger partial charge in [0, 0.05) is 5.39 Å². The molecule has 0 unspecified atom stereocenters. The number of pyridine rings is 1. The molecule has 0 amide bonds. The summed E-state index contributed by atoms with van der Waals surface area (Å²) in [5, 5.41) is 31.5. The summed E-state index contributed by atoms with van der Waals surface area (Å²) in [5.41, 5.74) is 1.94. The summed E-state index contributed by atoms with van der Waals surface area (Å²) in [6.45, 7) is 0. The van der Waals surface area contributed by atoms with Crippen molar-refractivity contribution in [3.63, 3.8) is 0 Å². The SMILES string of the molecule is COc1cc(/C=C/c2ccc3cccc(N(O)O)c3n2)cc(OC)c1[O-]. The second-order valence-electron chi connectivity index (χ2n) is 5.46. The van der Waals surface area contributed by atoms with Crippen LogP contribution >= 0.6 is 0 Å². The van der Waals surface area contributed by atoms with E-state index in [2.05, 4.69) is 4.98 Å². The van der Waals surface area contributed by atoms with Crippen LogP contribution in [0.2, 0.25) is 0 Å². The summed E-state index contributed by atoms with van der Waals surface area (Å²) in [5.74, 6) is 0.0644. The summed E-state index contributed by atoms with van der Waals surface area (Å²) < 4.78 is 10.2. The number of methoxy groups -OCH3 is 2. The molecule has 0 aliphatic heterocycles. The quantitative estimate of drug-likeness (QED) is 0.680. The zero-order chi connectivity index (χ0) is 18.7. The van der Waals surface area contributed by atoms with Gasteiger partial charge in [0.1, 0.15) is 17.2 Å². The fourth-order valence-electron chi connectivity index (χ4n) is 2.58. The van der Waals surface area contributed by atoms with E-state index in [1.165, 1.54) is 14.2 Å². The van der Waals surface area contributed by atoms with Gasteiger partial charge in [0.15, 0.2) is 0 Å². The summed E-state index contributed by atoms with van der Waals surface area (Å²) in [6, 6.07) is 11.9. The molecule has 0 saturated carbocycles. The smallest absolute Gasteiger partial charge is 0.120 e. The number of para-hydroxylation sites is 1. The first-order chi connectivity index (χ1) is 12.5. The largest absolute Gasteiger partial charge is 0.867 e. The van der Waals surface area contributed by atoms with Crippen LogP contribution in [-0.2, 0) is 0 Å². The molecule has 3 rings (SSSR count). The van der Waals surface area contributed by atoms with Crippen LogP contribution in [0.15, 0.2) is 42.5 Å². The highest BCUT2D eigenvalue weighted by molar-refractivity contribution is 5.91. The van der Waals surface area contributed by atoms with Crippen molar-refractivity contribution in [1.29, 1.82) is 0 Å². The average molecular weight is 353 g/mol. The Morgan fingerprint density at radius 2 is 1.69 bits per heavy atom. The summed E-state index contributed by atoms with van der Waals surface area (Å²) in [7, 11) is 2.84. The number of aromatic nitrogens is 1. The third-order valence-electron chi connectivity index (χ3n) is 3.87. The van der Waals surface area contributed by atoms with Crippen LogP contribution in [0.4, 0.5) is 5.69 Å². The molecule has 3 aromatic rings. The lowest BCUT2D eigenvalue weighted by molar-refractivity contribution is -0.271. The zero-order valence-corrected chi connectivity index (χ0v) is 14.2. The number of nitrogens with zero attached hydrogens (tertiary/aromatic N) is 2. The second kappa shape index (κ2) is 7.30. The number of hydrogen-bond donors (Lipinski definition) is 2. The van der Waals surface area contributed by atoms with E-state index < -0.39 is 0 Å². The molecule has 0 fully saturated rings. The Balaban J connectivity index is 2.00. The topological polar surface area (TPSA) is 98.1 Å². The number of benzene rings is 2. The monoisotopic (exact) mass is 353 g/mol. The molecule has 7 heteroatoms. The van der Waals surface area contributed by atoms with Crippen molar-refractivity contribution in [2.24, 2.45) is 0 Å². The standard InChI is InChI=1S/C19H18N2O5/c1-25-16-10-12(11-17(26-2)19(16)22)6-8-14-9-7-13-4-3-5-15(21(23)24)18(13)20-14/h3-11,22-24H,1-2H3/p-1/b8-6+. The molecule has 2 N–H and O–H groups in total. The third kappa shape index (κ3) is 3.39. The van der Waals surface area contributed by atoms with Crippen LogP contribution in [0.1, 0.15) is 11.3 Å². The molecule has 7 nitrogen and oxygen atoms in total. The van der Waals surface area contributed by atoms with Crippen LogP contribution in [0.3, 0.4) is 0 Å². The molecular formula is C19H17N2O5-. The first kappa shape index (κ1) is 17.5. The number of fused-ring (bicyclic) bond motifs is 1. The van der Waals surface area contributed by atoms with E-state index in [0.717, 1.165) is 5.39 Å². The van der Waals surface area contributed by atoms with E-state index in [1.807, 2.05) is 12.1 Å². The van der Waals surface area contributed by atoms with Crippen molar-refractivity contribution < 1.29 is 25.0 Å². The predicted octanol–water partition coefficient (Wildman–Crippen LogP) is 3.08. The van der Waals surface area contributed by atoms with Crippen molar-refractivity contribution in [3.05, 3.63) is 53.7 Å². The van der Waals surface area contributed by atoms with Crippen molar-refractivity contribution in [2.45, 2.75) is 0 Å². The lowest BCUT2D eigenvalue weighted by Crippen LogP contribution is -2.11. The maximum atomic E-state index is 12.0. The van der Waals surface area contributed by atoms with Gasteiger partial charge in [-0.3, -0.25) is 10.4 Å². The van der Waals surface area contributed by atoms with E-state index >= 15 is 0 Å². The molecule has 0 bridgehead atoms. The van der Waals surface area contributed by atoms with Gasteiger partial charge in [-0.1, -0.05) is 24.3 Å². The minimum absolute atomic E-state index is 0.0472. The molecule has 134 valence electrons. The Morgan fingerprint density at radius 3 is 2.31 bits per heavy atom. The van der Waals surface area contributed by atoms with Crippen LogP contribution in [0.25, 0.3) is 23.1 Å². The normalized spacial score (nSPS) is 11.1. The summed E-state index contributed by atoms with van der Waals surface area (Å²) in [6.07, 6.45) is 3.50. The van der Waals surface area contributed by atoms with Crippen LogP contribution in [0, 0.1) is 0 Å². The van der Waals surface area contributed by atoms with Crippen molar-refractivity contribution in [2.75, 3.05) is 19.4 Å². The van der Waals surface area contributed by atoms with Gasteiger partial charge >= 0.3 is 0 Å². The van der Waals surface area contributed by atoms with Gasteiger partial charge in [-0.25, -0.2) is 4.98 Å². The number of anilines is 1. The van der Waals surface area contributed by atoms with Crippen LogP contribution in [-0.4, -0.2) is 29.6 Å². The van der Waals surface area contributed by atoms with Crippen LogP contribution in [0.5, 0.6) is 17.2 Å². The maximum Gasteiger partial charge on any atom is 0.120 e. The van der Waals surface area contributed by atoms with Gasteiger partial charge in [-0.2, -0.15) is 0 Å². The van der Waals surface area contributed by atoms with Gasteiger partial charge in [0.25, 0.3) is 0 Å². The minimum Gasteiger partial charge on any atom is -0.867 e. The Labute approximate surface area is 149 Å². The third-order valence-corrected chi connectivity index (χ3v) is 3.87. The lowest BCUT2D eigenvalue weighted by atomic mass is 10.1. The van der Waals surface area contributed by atoms with E-state index in [4.69, 9.17) is 9.47 Å². The highest BCUT2D eigenvalue weighted by atomic mass is 16.8. The lowest BCUT2D eigenvalue weighted by Gasteiger charge is -2.17. The highest BCUT2D eigenvalue weighted by Crippen LogP contribution is 2.35. The Hall–Kier alpha value is -3.29. The number of ether oxygens (including phenoxy) is 2. The zero-order valence-electron chi connectivity index (χ0n) is 14.2. The van der Waals surface area contributed by atoms with Gasteiger partial charge < -0.3 is 14.6 Å². The molecule has 2 aromatic carbocycles. The molecule has 26 heavy (non-hydrogen) atoms. The van der Waals surface area contributed by atoms with E-state index in [9.17, 15) is 15.5 Å². The van der Waals surface area contributed by atoms with Gasteiger partial charge in [-0.15, -0.1) is 5.23 Å². The maximum absolute atomic E-state index is 12.0. The molecule has 0 radical (unpaired) electrons. The second-order valence-corrected chi connectivity index (χ2v) is 5.46. The van der Waals surface area contributed by atoms with Gasteiger partial charge in [-0.05, 0) is 41.7 Å². The molecule has 0 atom stereocenters. The molecule has 0 saturated heterocycles. The molecule has 0 spiro atoms. The fourth-order valence-corrected chi connectivity index (χ4v) is 2.58. The highest BCUT2D eigenvalue weighted by Gasteiger charge is 2.07.